The third-order valence-electron chi connectivity index (χ3n) is 2.79. The van der Waals surface area contributed by atoms with Gasteiger partial charge in [0.15, 0.2) is 0 Å². The second-order valence-electron chi connectivity index (χ2n) is 5.89. The van der Waals surface area contributed by atoms with Gasteiger partial charge in [-0.1, -0.05) is 57.5 Å². The first kappa shape index (κ1) is 16.8. The molecule has 0 radical (unpaired) electrons. The van der Waals surface area contributed by atoms with Crippen LogP contribution in [-0.2, 0) is 4.79 Å². The van der Waals surface area contributed by atoms with E-state index in [9.17, 15) is 4.79 Å². The molecule has 0 aliphatic rings. The molecule has 0 unspecified atom stereocenters. The highest BCUT2D eigenvalue weighted by atomic mass is 35.5. The van der Waals surface area contributed by atoms with E-state index < -0.39 is 0 Å². The normalized spacial score (nSPS) is 11.6. The Balaban J connectivity index is 2.77. The van der Waals surface area contributed by atoms with Crippen LogP contribution in [0.4, 0.5) is 0 Å². The highest BCUT2D eigenvalue weighted by molar-refractivity contribution is 6.32. The van der Waals surface area contributed by atoms with Gasteiger partial charge in [0.25, 0.3) is 0 Å². The van der Waals surface area contributed by atoms with Crippen LogP contribution in [0.15, 0.2) is 30.3 Å². The predicted octanol–water partition coefficient (Wildman–Crippen LogP) is 4.49. The van der Waals surface area contributed by atoms with Gasteiger partial charge in [0.2, 0.25) is 5.91 Å². The first-order valence-corrected chi connectivity index (χ1v) is 7.49. The molecule has 1 aromatic rings. The number of amides is 1. The molecule has 0 aliphatic heterocycles. The molecule has 0 aromatic heterocycles. The van der Waals surface area contributed by atoms with E-state index in [4.69, 9.17) is 11.6 Å². The molecule has 0 N–H and O–H groups in total. The van der Waals surface area contributed by atoms with Crippen LogP contribution in [0.2, 0.25) is 5.02 Å². The number of carbonyl (C=O) groups excluding carboxylic acids is 1. The fourth-order valence-corrected chi connectivity index (χ4v) is 2.21. The summed E-state index contributed by atoms with van der Waals surface area (Å²) >= 11 is 6.08. The molecule has 110 valence electrons. The topological polar surface area (TPSA) is 20.3 Å². The van der Waals surface area contributed by atoms with E-state index in [0.717, 1.165) is 18.7 Å². The minimum absolute atomic E-state index is 0.0484. The monoisotopic (exact) mass is 293 g/mol. The maximum atomic E-state index is 12.3. The van der Waals surface area contributed by atoms with Crippen LogP contribution in [-0.4, -0.2) is 23.9 Å². The number of carbonyl (C=O) groups is 1. The molecule has 1 rings (SSSR count). The lowest BCUT2D eigenvalue weighted by Crippen LogP contribution is -2.35. The van der Waals surface area contributed by atoms with Crippen molar-refractivity contribution < 1.29 is 4.79 Å². The van der Waals surface area contributed by atoms with Crippen molar-refractivity contribution >= 4 is 23.6 Å². The third-order valence-corrected chi connectivity index (χ3v) is 3.14. The molecule has 1 aromatic carbocycles. The number of halogens is 1. The van der Waals surface area contributed by atoms with E-state index >= 15 is 0 Å². The smallest absolute Gasteiger partial charge is 0.246 e. The maximum Gasteiger partial charge on any atom is 0.246 e. The van der Waals surface area contributed by atoms with E-state index in [0.29, 0.717) is 16.9 Å². The van der Waals surface area contributed by atoms with Crippen molar-refractivity contribution in [3.05, 3.63) is 40.9 Å². The molecule has 2 nitrogen and oxygen atoms in total. The van der Waals surface area contributed by atoms with Crippen molar-refractivity contribution in [1.82, 2.24) is 4.90 Å². The van der Waals surface area contributed by atoms with Gasteiger partial charge < -0.3 is 4.90 Å². The van der Waals surface area contributed by atoms with E-state index in [1.54, 1.807) is 12.2 Å². The van der Waals surface area contributed by atoms with Gasteiger partial charge in [-0.05, 0) is 29.5 Å². The van der Waals surface area contributed by atoms with Crippen molar-refractivity contribution in [2.75, 3.05) is 13.1 Å². The number of benzene rings is 1. The number of rotatable bonds is 6. The summed E-state index contributed by atoms with van der Waals surface area (Å²) in [5.74, 6) is 0.977. The summed E-state index contributed by atoms with van der Waals surface area (Å²) in [4.78, 5) is 14.2. The van der Waals surface area contributed by atoms with Crippen molar-refractivity contribution in [2.45, 2.75) is 27.7 Å². The maximum absolute atomic E-state index is 12.3. The second kappa shape index (κ2) is 8.11. The van der Waals surface area contributed by atoms with Crippen LogP contribution in [0.5, 0.6) is 0 Å². The Morgan fingerprint density at radius 2 is 1.70 bits per heavy atom. The lowest BCUT2D eigenvalue weighted by atomic mass is 10.1. The van der Waals surface area contributed by atoms with E-state index in [-0.39, 0.29) is 5.91 Å². The third kappa shape index (κ3) is 5.79. The Morgan fingerprint density at radius 1 is 1.15 bits per heavy atom. The molecule has 0 fully saturated rings. The average molecular weight is 294 g/mol. The Bertz CT molecular complexity index is 456. The molecule has 1 amide bonds. The molecule has 0 bridgehead atoms. The summed E-state index contributed by atoms with van der Waals surface area (Å²) in [6.07, 6.45) is 3.41. The van der Waals surface area contributed by atoms with Gasteiger partial charge in [-0.25, -0.2) is 0 Å². The highest BCUT2D eigenvalue weighted by Gasteiger charge is 2.13. The molecule has 0 aliphatic carbocycles. The van der Waals surface area contributed by atoms with Gasteiger partial charge in [0.1, 0.15) is 0 Å². The van der Waals surface area contributed by atoms with Gasteiger partial charge in [-0.3, -0.25) is 4.79 Å². The molecule has 0 saturated heterocycles. The summed E-state index contributed by atoms with van der Waals surface area (Å²) in [6, 6.07) is 7.52. The van der Waals surface area contributed by atoms with Gasteiger partial charge >= 0.3 is 0 Å². The second-order valence-corrected chi connectivity index (χ2v) is 6.29. The van der Waals surface area contributed by atoms with Crippen LogP contribution in [0.25, 0.3) is 6.08 Å². The van der Waals surface area contributed by atoms with E-state index in [2.05, 4.69) is 27.7 Å². The summed E-state index contributed by atoms with van der Waals surface area (Å²) in [5, 5.41) is 0.663. The van der Waals surface area contributed by atoms with Crippen LogP contribution < -0.4 is 0 Å². The summed E-state index contributed by atoms with van der Waals surface area (Å²) in [6.45, 7) is 10.1. The first-order valence-electron chi connectivity index (χ1n) is 7.11. The first-order chi connectivity index (χ1) is 9.40. The standard InChI is InChI=1S/C17H24ClNO/c1-13(2)11-19(12-14(3)4)17(20)10-9-15-7-5-6-8-16(15)18/h5-10,13-14H,11-12H2,1-4H3. The zero-order valence-corrected chi connectivity index (χ0v) is 13.5. The van der Waals surface area contributed by atoms with Crippen molar-refractivity contribution in [3.8, 4) is 0 Å². The van der Waals surface area contributed by atoms with Crippen LogP contribution >= 0.6 is 11.6 Å². The van der Waals surface area contributed by atoms with Gasteiger partial charge in [0.05, 0.1) is 0 Å². The Labute approximate surface area is 127 Å². The highest BCUT2D eigenvalue weighted by Crippen LogP contribution is 2.16. The average Bonchev–Trinajstić information content (AvgIpc) is 2.35. The molecule has 0 spiro atoms. The Morgan fingerprint density at radius 3 is 2.20 bits per heavy atom. The SMILES string of the molecule is CC(C)CN(CC(C)C)C(=O)C=Cc1ccccc1Cl. The molecule has 0 heterocycles. The lowest BCUT2D eigenvalue weighted by molar-refractivity contribution is -0.127. The summed E-state index contributed by atoms with van der Waals surface area (Å²) in [5.41, 5.74) is 0.872. The van der Waals surface area contributed by atoms with Crippen LogP contribution in [0.3, 0.4) is 0 Å². The molecular weight excluding hydrogens is 270 g/mol. The molecule has 0 saturated carbocycles. The predicted molar refractivity (Wildman–Crippen MR) is 86.7 cm³/mol. The quantitative estimate of drug-likeness (QED) is 0.708. The molecule has 0 atom stereocenters. The fraction of sp³-hybridized carbons (Fsp3) is 0.471. The Hall–Kier alpha value is -1.28. The minimum atomic E-state index is 0.0484. The van der Waals surface area contributed by atoms with E-state index in [1.165, 1.54) is 0 Å². The Kier molecular flexibility index (Phi) is 6.80. The van der Waals surface area contributed by atoms with Crippen molar-refractivity contribution in [3.63, 3.8) is 0 Å². The lowest BCUT2D eigenvalue weighted by Gasteiger charge is -2.25. The molecule has 20 heavy (non-hydrogen) atoms. The van der Waals surface area contributed by atoms with Gasteiger partial charge in [0, 0.05) is 24.2 Å². The van der Waals surface area contributed by atoms with E-state index in [1.807, 2.05) is 29.2 Å². The zero-order valence-electron chi connectivity index (χ0n) is 12.8. The zero-order chi connectivity index (χ0) is 15.1. The largest absolute Gasteiger partial charge is 0.339 e. The van der Waals surface area contributed by atoms with Crippen LogP contribution in [0.1, 0.15) is 33.3 Å². The molecular formula is C17H24ClNO. The number of hydrogen-bond acceptors (Lipinski definition) is 1. The van der Waals surface area contributed by atoms with Gasteiger partial charge in [-0.15, -0.1) is 0 Å². The fourth-order valence-electron chi connectivity index (χ4n) is 2.01. The summed E-state index contributed by atoms with van der Waals surface area (Å²) in [7, 11) is 0. The number of nitrogens with zero attached hydrogens (tertiary/aromatic N) is 1. The van der Waals surface area contributed by atoms with Crippen molar-refractivity contribution in [1.29, 1.82) is 0 Å². The summed E-state index contributed by atoms with van der Waals surface area (Å²) < 4.78 is 0. The number of hydrogen-bond donors (Lipinski definition) is 0. The van der Waals surface area contributed by atoms with Crippen molar-refractivity contribution in [2.24, 2.45) is 11.8 Å². The van der Waals surface area contributed by atoms with Gasteiger partial charge in [-0.2, -0.15) is 0 Å². The minimum Gasteiger partial charge on any atom is -0.339 e. The molecule has 3 heteroatoms. The van der Waals surface area contributed by atoms with Crippen LogP contribution in [0, 0.1) is 11.8 Å².